The lowest BCUT2D eigenvalue weighted by Crippen LogP contribution is -2.57. The van der Waals surface area contributed by atoms with E-state index >= 15 is 0 Å². The third kappa shape index (κ3) is 2.55. The smallest absolute Gasteiger partial charge is 0.327 e. The number of piperidine rings is 1. The normalized spacial score (nSPS) is 20.6. The van der Waals surface area contributed by atoms with Crippen LogP contribution in [0.5, 0.6) is 0 Å². The topological polar surface area (TPSA) is 95.7 Å². The summed E-state index contributed by atoms with van der Waals surface area (Å²) < 4.78 is 0. The Morgan fingerprint density at radius 3 is 2.54 bits per heavy atom. The summed E-state index contributed by atoms with van der Waals surface area (Å²) in [6.45, 7) is 5.93. The van der Waals surface area contributed by atoms with Gasteiger partial charge in [0.1, 0.15) is 11.4 Å². The van der Waals surface area contributed by atoms with E-state index in [0.717, 1.165) is 0 Å². The molecule has 2 fully saturated rings. The van der Waals surface area contributed by atoms with Crippen LogP contribution in [0.4, 0.5) is 16.6 Å². The zero-order chi connectivity index (χ0) is 17.5. The molecule has 0 saturated carbocycles. The van der Waals surface area contributed by atoms with Crippen LogP contribution in [0.1, 0.15) is 26.7 Å². The third-order valence-electron chi connectivity index (χ3n) is 4.82. The molecule has 3 amide bonds. The minimum atomic E-state index is -0.729. The fourth-order valence-corrected chi connectivity index (χ4v) is 3.57. The standard InChI is InChI=1S/C16H24N6O2/c1-11(2)10-22-15(24)20(3)13(23)16(22)5-8-21(9-6-16)14-18-7-4-12(17)19-14/h4,7,11H,5-6,8-10H2,1-3H3,(H2,17,18,19). The van der Waals surface area contributed by atoms with Gasteiger partial charge in [-0.05, 0) is 24.8 Å². The van der Waals surface area contributed by atoms with Crippen LogP contribution in [-0.2, 0) is 4.79 Å². The molecule has 130 valence electrons. The number of carbonyl (C=O) groups is 2. The van der Waals surface area contributed by atoms with E-state index in [9.17, 15) is 9.59 Å². The van der Waals surface area contributed by atoms with Crippen LogP contribution in [0.3, 0.4) is 0 Å². The summed E-state index contributed by atoms with van der Waals surface area (Å²) in [5.41, 5.74) is 5.00. The number of urea groups is 1. The zero-order valence-corrected chi connectivity index (χ0v) is 14.4. The van der Waals surface area contributed by atoms with E-state index in [0.29, 0.717) is 50.2 Å². The Morgan fingerprint density at radius 2 is 1.96 bits per heavy atom. The van der Waals surface area contributed by atoms with Crippen molar-refractivity contribution in [3.8, 4) is 0 Å². The molecule has 0 aliphatic carbocycles. The summed E-state index contributed by atoms with van der Waals surface area (Å²) in [6, 6.07) is 1.45. The molecular formula is C16H24N6O2. The number of rotatable bonds is 3. The highest BCUT2D eigenvalue weighted by Crippen LogP contribution is 2.37. The van der Waals surface area contributed by atoms with Gasteiger partial charge in [0.2, 0.25) is 5.95 Å². The molecule has 0 bridgehead atoms. The predicted octanol–water partition coefficient (Wildman–Crippen LogP) is 0.948. The number of aromatic nitrogens is 2. The molecule has 0 aromatic carbocycles. The summed E-state index contributed by atoms with van der Waals surface area (Å²) in [5.74, 6) is 1.21. The number of imide groups is 1. The van der Waals surface area contributed by atoms with E-state index in [-0.39, 0.29) is 11.9 Å². The Hall–Kier alpha value is -2.38. The molecule has 24 heavy (non-hydrogen) atoms. The second-order valence-corrected chi connectivity index (χ2v) is 6.95. The first-order chi connectivity index (χ1) is 11.3. The van der Waals surface area contributed by atoms with E-state index in [1.807, 2.05) is 4.90 Å². The number of likely N-dealkylation sites (N-methyl/N-ethyl adjacent to an activating group) is 1. The molecule has 2 aliphatic heterocycles. The highest BCUT2D eigenvalue weighted by molar-refractivity contribution is 6.06. The number of hydrogen-bond donors (Lipinski definition) is 1. The van der Waals surface area contributed by atoms with Crippen molar-refractivity contribution in [2.75, 3.05) is 37.3 Å². The Kier molecular flexibility index (Phi) is 4.06. The lowest BCUT2D eigenvalue weighted by molar-refractivity contribution is -0.133. The lowest BCUT2D eigenvalue weighted by Gasteiger charge is -2.42. The number of nitrogens with two attached hydrogens (primary N) is 1. The van der Waals surface area contributed by atoms with Crippen molar-refractivity contribution >= 4 is 23.7 Å². The van der Waals surface area contributed by atoms with E-state index in [1.54, 1.807) is 24.2 Å². The third-order valence-corrected chi connectivity index (χ3v) is 4.82. The van der Waals surface area contributed by atoms with E-state index in [1.165, 1.54) is 4.90 Å². The number of nitrogens with zero attached hydrogens (tertiary/aromatic N) is 5. The molecule has 8 nitrogen and oxygen atoms in total. The van der Waals surface area contributed by atoms with E-state index < -0.39 is 5.54 Å². The van der Waals surface area contributed by atoms with Crippen LogP contribution in [0.15, 0.2) is 12.3 Å². The SMILES string of the molecule is CC(C)CN1C(=O)N(C)C(=O)C12CCN(c1nccc(N)n1)CC2. The lowest BCUT2D eigenvalue weighted by atomic mass is 9.85. The molecule has 3 rings (SSSR count). The number of nitrogen functional groups attached to an aromatic ring is 1. The Bertz CT molecular complexity index is 654. The predicted molar refractivity (Wildman–Crippen MR) is 90.3 cm³/mol. The fourth-order valence-electron chi connectivity index (χ4n) is 3.57. The van der Waals surface area contributed by atoms with Gasteiger partial charge in [-0.3, -0.25) is 9.69 Å². The Morgan fingerprint density at radius 1 is 1.29 bits per heavy atom. The van der Waals surface area contributed by atoms with Gasteiger partial charge in [0.15, 0.2) is 0 Å². The molecule has 0 atom stereocenters. The van der Waals surface area contributed by atoms with Gasteiger partial charge < -0.3 is 15.5 Å². The van der Waals surface area contributed by atoms with Crippen molar-refractivity contribution in [3.05, 3.63) is 12.3 Å². The van der Waals surface area contributed by atoms with Crippen molar-refractivity contribution < 1.29 is 9.59 Å². The minimum absolute atomic E-state index is 0.0960. The summed E-state index contributed by atoms with van der Waals surface area (Å²) in [4.78, 5) is 38.8. The summed E-state index contributed by atoms with van der Waals surface area (Å²) in [5, 5.41) is 0. The molecule has 1 spiro atoms. The van der Waals surface area contributed by atoms with Gasteiger partial charge in [0.25, 0.3) is 5.91 Å². The van der Waals surface area contributed by atoms with Crippen molar-refractivity contribution in [1.29, 1.82) is 0 Å². The van der Waals surface area contributed by atoms with E-state index in [4.69, 9.17) is 5.73 Å². The van der Waals surface area contributed by atoms with Crippen molar-refractivity contribution in [2.45, 2.75) is 32.2 Å². The summed E-state index contributed by atoms with van der Waals surface area (Å²) in [7, 11) is 1.57. The molecule has 3 heterocycles. The number of anilines is 2. The van der Waals surface area contributed by atoms with Gasteiger partial charge in [-0.1, -0.05) is 13.8 Å². The molecule has 1 aromatic rings. The van der Waals surface area contributed by atoms with Crippen LogP contribution in [0.25, 0.3) is 0 Å². The van der Waals surface area contributed by atoms with Gasteiger partial charge in [-0.2, -0.15) is 4.98 Å². The van der Waals surface area contributed by atoms with Gasteiger partial charge >= 0.3 is 6.03 Å². The molecule has 0 radical (unpaired) electrons. The zero-order valence-electron chi connectivity index (χ0n) is 14.4. The quantitative estimate of drug-likeness (QED) is 0.828. The maximum atomic E-state index is 12.8. The number of hydrogen-bond acceptors (Lipinski definition) is 6. The first-order valence-electron chi connectivity index (χ1n) is 8.28. The number of carbonyl (C=O) groups excluding carboxylic acids is 2. The van der Waals surface area contributed by atoms with Crippen LogP contribution in [0, 0.1) is 5.92 Å². The van der Waals surface area contributed by atoms with Gasteiger partial charge in [0, 0.05) is 32.9 Å². The number of amides is 3. The summed E-state index contributed by atoms with van der Waals surface area (Å²) >= 11 is 0. The van der Waals surface area contributed by atoms with Crippen LogP contribution >= 0.6 is 0 Å². The Labute approximate surface area is 141 Å². The first-order valence-corrected chi connectivity index (χ1v) is 8.28. The Balaban J connectivity index is 1.81. The molecule has 1 aromatic heterocycles. The molecule has 8 heteroatoms. The maximum absolute atomic E-state index is 12.8. The minimum Gasteiger partial charge on any atom is -0.384 e. The van der Waals surface area contributed by atoms with Crippen molar-refractivity contribution in [2.24, 2.45) is 5.92 Å². The monoisotopic (exact) mass is 332 g/mol. The fraction of sp³-hybridized carbons (Fsp3) is 0.625. The average Bonchev–Trinajstić information content (AvgIpc) is 2.72. The second-order valence-electron chi connectivity index (χ2n) is 6.95. The molecule has 0 unspecified atom stereocenters. The summed E-state index contributed by atoms with van der Waals surface area (Å²) in [6.07, 6.45) is 2.78. The maximum Gasteiger partial charge on any atom is 0.327 e. The highest BCUT2D eigenvalue weighted by Gasteiger charge is 2.56. The highest BCUT2D eigenvalue weighted by atomic mass is 16.2. The van der Waals surface area contributed by atoms with Gasteiger partial charge in [-0.25, -0.2) is 9.78 Å². The first kappa shape index (κ1) is 16.5. The van der Waals surface area contributed by atoms with Gasteiger partial charge in [-0.15, -0.1) is 0 Å². The molecule has 2 N–H and O–H groups in total. The second kappa shape index (κ2) is 5.92. The largest absolute Gasteiger partial charge is 0.384 e. The van der Waals surface area contributed by atoms with Crippen LogP contribution in [0.2, 0.25) is 0 Å². The average molecular weight is 332 g/mol. The molecule has 2 saturated heterocycles. The van der Waals surface area contributed by atoms with Crippen molar-refractivity contribution in [3.63, 3.8) is 0 Å². The molecular weight excluding hydrogens is 308 g/mol. The van der Waals surface area contributed by atoms with Gasteiger partial charge in [0.05, 0.1) is 0 Å². The molecule has 2 aliphatic rings. The van der Waals surface area contributed by atoms with Crippen molar-refractivity contribution in [1.82, 2.24) is 19.8 Å². The van der Waals surface area contributed by atoms with Crippen LogP contribution in [-0.4, -0.2) is 63.9 Å². The van der Waals surface area contributed by atoms with E-state index in [2.05, 4.69) is 23.8 Å². The van der Waals surface area contributed by atoms with Crippen LogP contribution < -0.4 is 10.6 Å².